The number of fused-ring (bicyclic) bond motifs is 5. The third-order valence-corrected chi connectivity index (χ3v) is 15.3. The number of hydrogen-bond donors (Lipinski definition) is 0. The summed E-state index contributed by atoms with van der Waals surface area (Å²) >= 11 is 0. The van der Waals surface area contributed by atoms with Gasteiger partial charge in [0.2, 0.25) is 5.52 Å². The molecule has 0 spiro atoms. The smallest absolute Gasteiger partial charge is 0.224 e. The van der Waals surface area contributed by atoms with Crippen LogP contribution in [0.1, 0.15) is 58.2 Å². The van der Waals surface area contributed by atoms with E-state index in [2.05, 4.69) is 120 Å². The van der Waals surface area contributed by atoms with E-state index in [0.29, 0.717) is 0 Å². The number of rotatable bonds is 5. The van der Waals surface area contributed by atoms with Crippen molar-refractivity contribution in [1.82, 2.24) is 4.40 Å². The van der Waals surface area contributed by atoms with Gasteiger partial charge in [0.25, 0.3) is 0 Å². The van der Waals surface area contributed by atoms with Crippen molar-refractivity contribution >= 4 is 62.3 Å². The molecule has 6 aromatic rings. The third kappa shape index (κ3) is 3.40. The van der Waals surface area contributed by atoms with Crippen molar-refractivity contribution in [3.63, 3.8) is 0 Å². The predicted molar refractivity (Wildman–Crippen MR) is 169 cm³/mol. The van der Waals surface area contributed by atoms with Gasteiger partial charge in [0.15, 0.2) is 6.20 Å². The second-order valence-corrected chi connectivity index (χ2v) is 18.3. The third-order valence-electron chi connectivity index (χ3n) is 9.74. The molecule has 0 saturated heterocycles. The van der Waals surface area contributed by atoms with Crippen LogP contribution in [-0.4, -0.2) is 12.5 Å². The zero-order valence-corrected chi connectivity index (χ0v) is 25.8. The van der Waals surface area contributed by atoms with Gasteiger partial charge in [-0.15, -0.1) is 0 Å². The lowest BCUT2D eigenvalue weighted by atomic mass is 9.86. The Morgan fingerprint density at radius 2 is 1.55 bits per heavy atom. The van der Waals surface area contributed by atoms with E-state index in [1.165, 1.54) is 83.8 Å². The van der Waals surface area contributed by atoms with Crippen molar-refractivity contribution in [2.75, 3.05) is 0 Å². The average molecular weight is 520 g/mol. The lowest BCUT2D eigenvalue weighted by Gasteiger charge is -2.29. The van der Waals surface area contributed by atoms with E-state index < -0.39 is 8.07 Å². The molecule has 3 heteroatoms. The summed E-state index contributed by atoms with van der Waals surface area (Å²) in [6.07, 6.45) is 3.36. The van der Waals surface area contributed by atoms with Crippen molar-refractivity contribution < 1.29 is 4.57 Å². The molecule has 3 aromatic heterocycles. The van der Waals surface area contributed by atoms with Gasteiger partial charge in [-0.3, -0.25) is 0 Å². The van der Waals surface area contributed by atoms with Crippen LogP contribution in [0.25, 0.3) is 49.0 Å². The topological polar surface area (TPSA) is 8.29 Å². The number of aryl methyl sites for hydroxylation is 3. The highest BCUT2D eigenvalue weighted by Crippen LogP contribution is 2.43. The molecule has 3 heterocycles. The standard InChI is InChI=1S/C35H43N2Si/c1-10-38(11-2,12-3)26-19-24-16-17-36(9)34-30-23(5)22(4)18-27-31-25(21-35(6,7)8)14-13-15-28(31)37(33(27)30)29(20-26)32(24)34/h13-20H,10-12,21H2,1-9H3/q+1. The van der Waals surface area contributed by atoms with Crippen LogP contribution in [0.5, 0.6) is 0 Å². The molecule has 2 nitrogen and oxygen atoms in total. The Balaban J connectivity index is 1.95. The fourth-order valence-electron chi connectivity index (χ4n) is 7.42. The minimum atomic E-state index is -1.57. The maximum atomic E-state index is 2.65. The van der Waals surface area contributed by atoms with Gasteiger partial charge in [0.1, 0.15) is 7.05 Å². The average Bonchev–Trinajstić information content (AvgIpc) is 3.21. The molecule has 6 rings (SSSR count). The highest BCUT2D eigenvalue weighted by atomic mass is 28.3. The summed E-state index contributed by atoms with van der Waals surface area (Å²) in [6.45, 7) is 19.0. The van der Waals surface area contributed by atoms with E-state index in [0.717, 1.165) is 6.42 Å². The molecule has 0 fully saturated rings. The zero-order valence-electron chi connectivity index (χ0n) is 24.8. The minimum absolute atomic E-state index is 0.225. The first-order valence-electron chi connectivity index (χ1n) is 14.6. The molecule has 0 bridgehead atoms. The summed E-state index contributed by atoms with van der Waals surface area (Å²) in [5.41, 5.74) is 9.99. The summed E-state index contributed by atoms with van der Waals surface area (Å²) < 4.78 is 5.02. The Morgan fingerprint density at radius 1 is 0.842 bits per heavy atom. The van der Waals surface area contributed by atoms with Gasteiger partial charge in [-0.1, -0.05) is 83.1 Å². The van der Waals surface area contributed by atoms with E-state index in [1.54, 1.807) is 5.19 Å². The van der Waals surface area contributed by atoms with Crippen LogP contribution < -0.4 is 9.75 Å². The van der Waals surface area contributed by atoms with E-state index in [1.807, 2.05) is 0 Å². The van der Waals surface area contributed by atoms with Crippen molar-refractivity contribution in [1.29, 1.82) is 0 Å². The molecule has 0 radical (unpaired) electrons. The van der Waals surface area contributed by atoms with Crippen molar-refractivity contribution in [2.24, 2.45) is 12.5 Å². The summed E-state index contributed by atoms with van der Waals surface area (Å²) in [6, 6.07) is 20.9. The van der Waals surface area contributed by atoms with Crippen LogP contribution in [0.4, 0.5) is 0 Å². The van der Waals surface area contributed by atoms with Gasteiger partial charge in [0.05, 0.1) is 35.4 Å². The maximum absolute atomic E-state index is 2.65. The van der Waals surface area contributed by atoms with Gasteiger partial charge in [-0.25, -0.2) is 4.57 Å². The maximum Gasteiger partial charge on any atom is 0.224 e. The van der Waals surface area contributed by atoms with Crippen LogP contribution in [0.15, 0.2) is 48.7 Å². The summed E-state index contributed by atoms with van der Waals surface area (Å²) in [7, 11) is 0.659. The summed E-state index contributed by atoms with van der Waals surface area (Å²) in [5.74, 6) is 0. The fraction of sp³-hybridized carbons (Fsp3) is 0.400. The molecule has 0 aliphatic heterocycles. The molecule has 38 heavy (non-hydrogen) atoms. The summed E-state index contributed by atoms with van der Waals surface area (Å²) in [4.78, 5) is 0. The minimum Gasteiger partial charge on any atom is -0.307 e. The molecule has 0 aliphatic carbocycles. The first-order valence-corrected chi connectivity index (χ1v) is 17.2. The van der Waals surface area contributed by atoms with Crippen LogP contribution in [0, 0.1) is 19.3 Å². The van der Waals surface area contributed by atoms with E-state index in [4.69, 9.17) is 0 Å². The second kappa shape index (κ2) is 8.54. The van der Waals surface area contributed by atoms with Crippen molar-refractivity contribution in [3.05, 3.63) is 65.4 Å². The number of aromatic nitrogens is 2. The number of hydrogen-bond acceptors (Lipinski definition) is 0. The zero-order chi connectivity index (χ0) is 27.1. The molecule has 0 unspecified atom stereocenters. The SMILES string of the molecule is CC[Si](CC)(CC)c1cc2cc[n+](C)c3c4c(C)c(C)cc5c6c(CC(C)(C)C)cccc6n(c(c1)c23)c54. The van der Waals surface area contributed by atoms with Crippen molar-refractivity contribution in [2.45, 2.75) is 79.9 Å². The quantitative estimate of drug-likeness (QED) is 0.0931. The highest BCUT2D eigenvalue weighted by molar-refractivity contribution is 6.92. The van der Waals surface area contributed by atoms with Gasteiger partial charge in [-0.05, 0) is 66.0 Å². The largest absolute Gasteiger partial charge is 0.307 e. The molecule has 0 N–H and O–H groups in total. The van der Waals surface area contributed by atoms with Crippen LogP contribution in [-0.2, 0) is 13.5 Å². The highest BCUT2D eigenvalue weighted by Gasteiger charge is 2.32. The van der Waals surface area contributed by atoms with Gasteiger partial charge < -0.3 is 4.40 Å². The van der Waals surface area contributed by atoms with E-state index in [-0.39, 0.29) is 5.41 Å². The molecule has 0 saturated carbocycles. The number of pyridine rings is 2. The molecular weight excluding hydrogens is 476 g/mol. The van der Waals surface area contributed by atoms with Gasteiger partial charge in [-0.2, -0.15) is 0 Å². The Kier molecular flexibility index (Phi) is 5.70. The molecule has 196 valence electrons. The molecular formula is C35H43N2Si+. The molecule has 0 aliphatic rings. The van der Waals surface area contributed by atoms with E-state index in [9.17, 15) is 0 Å². The van der Waals surface area contributed by atoms with Crippen molar-refractivity contribution in [3.8, 4) is 0 Å². The molecule has 3 aromatic carbocycles. The number of nitrogens with zero attached hydrogens (tertiary/aromatic N) is 2. The van der Waals surface area contributed by atoms with E-state index >= 15 is 0 Å². The lowest BCUT2D eigenvalue weighted by molar-refractivity contribution is -0.643. The molecule has 0 atom stereocenters. The Hall–Kier alpha value is -2.91. The predicted octanol–water partition coefficient (Wildman–Crippen LogP) is 8.74. The Labute approximate surface area is 228 Å². The monoisotopic (exact) mass is 519 g/mol. The normalized spacial score (nSPS) is 13.3. The fourth-order valence-corrected chi connectivity index (χ4v) is 11.0. The van der Waals surface area contributed by atoms with Crippen LogP contribution in [0.3, 0.4) is 0 Å². The summed E-state index contributed by atoms with van der Waals surface area (Å²) in [5, 5.41) is 8.70. The van der Waals surface area contributed by atoms with Crippen LogP contribution >= 0.6 is 0 Å². The number of benzene rings is 3. The first kappa shape index (κ1) is 25.4. The van der Waals surface area contributed by atoms with Gasteiger partial charge in [0, 0.05) is 16.8 Å². The second-order valence-electron chi connectivity index (χ2n) is 13.0. The first-order chi connectivity index (χ1) is 18.0. The van der Waals surface area contributed by atoms with Crippen LogP contribution in [0.2, 0.25) is 18.1 Å². The molecule has 0 amide bonds. The Morgan fingerprint density at radius 3 is 2.21 bits per heavy atom. The van der Waals surface area contributed by atoms with Gasteiger partial charge >= 0.3 is 0 Å². The Bertz CT molecular complexity index is 1850. The lowest BCUT2D eigenvalue weighted by Crippen LogP contribution is -2.45.